The molecule has 1 aromatic carbocycles. The van der Waals surface area contributed by atoms with E-state index in [1.165, 1.54) is 20.3 Å². The molecular weight excluding hydrogens is 250 g/mol. The quantitative estimate of drug-likeness (QED) is 0.813. The van der Waals surface area contributed by atoms with Crippen molar-refractivity contribution in [2.75, 3.05) is 20.8 Å². The highest BCUT2D eigenvalue weighted by Gasteiger charge is 2.27. The smallest absolute Gasteiger partial charge is 0.337 e. The zero-order chi connectivity index (χ0) is 13.8. The number of esters is 1. The van der Waals surface area contributed by atoms with Crippen molar-refractivity contribution < 1.29 is 23.8 Å². The van der Waals surface area contributed by atoms with Crippen LogP contribution in [0.25, 0.3) is 0 Å². The lowest BCUT2D eigenvalue weighted by molar-refractivity contribution is -0.124. The van der Waals surface area contributed by atoms with Crippen LogP contribution in [0.5, 0.6) is 11.5 Å². The van der Waals surface area contributed by atoms with Crippen molar-refractivity contribution in [3.05, 3.63) is 23.8 Å². The topological polar surface area (TPSA) is 73.9 Å². The Hall–Kier alpha value is -2.24. The van der Waals surface area contributed by atoms with Crippen LogP contribution >= 0.6 is 0 Å². The Balaban J connectivity index is 2.20. The summed E-state index contributed by atoms with van der Waals surface area (Å²) in [5.41, 5.74) is 0.363. The van der Waals surface area contributed by atoms with Gasteiger partial charge in [0.15, 0.2) is 17.6 Å². The van der Waals surface area contributed by atoms with Crippen LogP contribution in [0.15, 0.2) is 18.2 Å². The summed E-state index contributed by atoms with van der Waals surface area (Å²) in [6.07, 6.45) is 0.0960. The second-order valence-corrected chi connectivity index (χ2v) is 4.04. The highest BCUT2D eigenvalue weighted by Crippen LogP contribution is 2.30. The maximum Gasteiger partial charge on any atom is 0.337 e. The van der Waals surface area contributed by atoms with Gasteiger partial charge in [0, 0.05) is 13.0 Å². The molecule has 1 aliphatic rings. The van der Waals surface area contributed by atoms with Crippen LogP contribution in [0.4, 0.5) is 0 Å². The number of methoxy groups -OCH3 is 2. The summed E-state index contributed by atoms with van der Waals surface area (Å²) >= 11 is 0. The first-order chi connectivity index (χ1) is 9.15. The fourth-order valence-electron chi connectivity index (χ4n) is 1.85. The minimum absolute atomic E-state index is 0.140. The third kappa shape index (κ3) is 2.78. The molecular formula is C13H15NO5. The van der Waals surface area contributed by atoms with Crippen molar-refractivity contribution in [2.24, 2.45) is 0 Å². The summed E-state index contributed by atoms with van der Waals surface area (Å²) in [7, 11) is 2.78. The van der Waals surface area contributed by atoms with Gasteiger partial charge in [-0.05, 0) is 18.2 Å². The van der Waals surface area contributed by atoms with Crippen LogP contribution in [0.3, 0.4) is 0 Å². The number of benzene rings is 1. The van der Waals surface area contributed by atoms with Crippen molar-refractivity contribution in [1.82, 2.24) is 5.32 Å². The third-order valence-electron chi connectivity index (χ3n) is 2.85. The molecule has 1 aliphatic heterocycles. The minimum atomic E-state index is -0.516. The summed E-state index contributed by atoms with van der Waals surface area (Å²) < 4.78 is 15.4. The van der Waals surface area contributed by atoms with E-state index < -0.39 is 12.1 Å². The van der Waals surface area contributed by atoms with E-state index >= 15 is 0 Å². The maximum atomic E-state index is 11.4. The predicted molar refractivity (Wildman–Crippen MR) is 66.4 cm³/mol. The fourth-order valence-corrected chi connectivity index (χ4v) is 1.85. The Morgan fingerprint density at radius 1 is 1.32 bits per heavy atom. The van der Waals surface area contributed by atoms with E-state index in [4.69, 9.17) is 9.47 Å². The number of rotatable bonds is 4. The molecule has 1 saturated heterocycles. The molecule has 1 heterocycles. The van der Waals surface area contributed by atoms with Crippen LogP contribution in [0.1, 0.15) is 16.8 Å². The normalized spacial score (nSPS) is 17.8. The monoisotopic (exact) mass is 265 g/mol. The summed E-state index contributed by atoms with van der Waals surface area (Å²) in [6, 6.07) is 4.68. The van der Waals surface area contributed by atoms with E-state index in [0.29, 0.717) is 30.0 Å². The first-order valence-electron chi connectivity index (χ1n) is 5.86. The van der Waals surface area contributed by atoms with Gasteiger partial charge in [-0.1, -0.05) is 0 Å². The number of carbonyl (C=O) groups is 2. The highest BCUT2D eigenvalue weighted by molar-refractivity contribution is 5.90. The molecule has 0 bridgehead atoms. The Kier molecular flexibility index (Phi) is 3.89. The summed E-state index contributed by atoms with van der Waals surface area (Å²) in [5, 5.41) is 2.69. The van der Waals surface area contributed by atoms with Crippen LogP contribution in [0, 0.1) is 0 Å². The molecule has 1 atom stereocenters. The molecule has 1 fully saturated rings. The van der Waals surface area contributed by atoms with Gasteiger partial charge < -0.3 is 19.5 Å². The van der Waals surface area contributed by atoms with Gasteiger partial charge in [0.2, 0.25) is 0 Å². The highest BCUT2D eigenvalue weighted by atomic mass is 16.5. The van der Waals surface area contributed by atoms with Crippen molar-refractivity contribution in [1.29, 1.82) is 0 Å². The van der Waals surface area contributed by atoms with Crippen LogP contribution in [0.2, 0.25) is 0 Å². The van der Waals surface area contributed by atoms with Crippen LogP contribution < -0.4 is 14.8 Å². The van der Waals surface area contributed by atoms with Gasteiger partial charge in [-0.15, -0.1) is 0 Å². The standard InChI is InChI=1S/C13H15NO5/c1-17-11-7-8(13(16)18-2)3-4-9(11)19-10-5-6-14-12(10)15/h3-4,7,10H,5-6H2,1-2H3,(H,14,15). The second-order valence-electron chi connectivity index (χ2n) is 4.04. The maximum absolute atomic E-state index is 11.4. The zero-order valence-electron chi connectivity index (χ0n) is 10.8. The molecule has 6 heteroatoms. The zero-order valence-corrected chi connectivity index (χ0v) is 10.8. The lowest BCUT2D eigenvalue weighted by atomic mass is 10.2. The molecule has 0 spiro atoms. The first kappa shape index (κ1) is 13.2. The minimum Gasteiger partial charge on any atom is -0.493 e. The summed E-state index contributed by atoms with van der Waals surface area (Å²) in [5.74, 6) is 0.224. The van der Waals surface area contributed by atoms with Gasteiger partial charge in [-0.25, -0.2) is 4.79 Å². The Bertz CT molecular complexity index is 500. The molecule has 102 valence electrons. The average molecular weight is 265 g/mol. The average Bonchev–Trinajstić information content (AvgIpc) is 2.84. The van der Waals surface area contributed by atoms with Crippen molar-refractivity contribution in [3.8, 4) is 11.5 Å². The number of carbonyl (C=O) groups excluding carboxylic acids is 2. The molecule has 6 nitrogen and oxygen atoms in total. The van der Waals surface area contributed by atoms with Gasteiger partial charge in [-0.3, -0.25) is 4.79 Å². The molecule has 19 heavy (non-hydrogen) atoms. The SMILES string of the molecule is COC(=O)c1ccc(OC2CCNC2=O)c(OC)c1. The van der Waals surface area contributed by atoms with Crippen molar-refractivity contribution in [2.45, 2.75) is 12.5 Å². The van der Waals surface area contributed by atoms with Crippen molar-refractivity contribution >= 4 is 11.9 Å². The molecule has 0 aromatic heterocycles. The molecule has 1 N–H and O–H groups in total. The predicted octanol–water partition coefficient (Wildman–Crippen LogP) is 0.749. The van der Waals surface area contributed by atoms with E-state index in [2.05, 4.69) is 10.1 Å². The van der Waals surface area contributed by atoms with E-state index in [-0.39, 0.29) is 5.91 Å². The fraction of sp³-hybridized carbons (Fsp3) is 0.385. The van der Waals surface area contributed by atoms with Gasteiger partial charge >= 0.3 is 5.97 Å². The molecule has 1 unspecified atom stereocenters. The van der Waals surface area contributed by atoms with Crippen LogP contribution in [-0.2, 0) is 9.53 Å². The lowest BCUT2D eigenvalue weighted by Gasteiger charge is -2.14. The first-order valence-corrected chi connectivity index (χ1v) is 5.86. The number of hydrogen-bond donors (Lipinski definition) is 1. The van der Waals surface area contributed by atoms with E-state index in [1.54, 1.807) is 12.1 Å². The van der Waals surface area contributed by atoms with Crippen LogP contribution in [-0.4, -0.2) is 38.7 Å². The van der Waals surface area contributed by atoms with Gasteiger partial charge in [0.1, 0.15) is 0 Å². The third-order valence-corrected chi connectivity index (χ3v) is 2.85. The van der Waals surface area contributed by atoms with Gasteiger partial charge in [-0.2, -0.15) is 0 Å². The second kappa shape index (κ2) is 5.60. The molecule has 1 aromatic rings. The van der Waals surface area contributed by atoms with Gasteiger partial charge in [0.05, 0.1) is 19.8 Å². The largest absolute Gasteiger partial charge is 0.493 e. The van der Waals surface area contributed by atoms with Gasteiger partial charge in [0.25, 0.3) is 5.91 Å². The Morgan fingerprint density at radius 3 is 2.68 bits per heavy atom. The Morgan fingerprint density at radius 2 is 2.11 bits per heavy atom. The molecule has 0 aliphatic carbocycles. The number of amides is 1. The van der Waals surface area contributed by atoms with E-state index in [0.717, 1.165) is 0 Å². The Labute approximate surface area is 110 Å². The van der Waals surface area contributed by atoms with Crippen molar-refractivity contribution in [3.63, 3.8) is 0 Å². The number of ether oxygens (including phenoxy) is 3. The molecule has 1 amide bonds. The summed E-state index contributed by atoms with van der Waals surface area (Å²) in [4.78, 5) is 22.9. The van der Waals surface area contributed by atoms with E-state index in [9.17, 15) is 9.59 Å². The lowest BCUT2D eigenvalue weighted by Crippen LogP contribution is -2.27. The molecule has 0 radical (unpaired) electrons. The molecule has 2 rings (SSSR count). The molecule has 0 saturated carbocycles. The number of nitrogens with one attached hydrogen (secondary N) is 1. The number of hydrogen-bond acceptors (Lipinski definition) is 5. The van der Waals surface area contributed by atoms with E-state index in [1.807, 2.05) is 0 Å². The summed E-state index contributed by atoms with van der Waals surface area (Å²) in [6.45, 7) is 0.603.